The maximum atomic E-state index is 13.8. The first-order chi connectivity index (χ1) is 9.90. The van der Waals surface area contributed by atoms with Crippen LogP contribution in [0.2, 0.25) is 0 Å². The SMILES string of the molecule is Cc1cc(F)c(S(=O)(=O)NCCC2CCCCC2)cc1N. The molecular weight excluding hydrogens is 291 g/mol. The molecule has 6 heteroatoms. The summed E-state index contributed by atoms with van der Waals surface area (Å²) in [7, 11) is -3.84. The summed E-state index contributed by atoms with van der Waals surface area (Å²) < 4.78 is 40.6. The second-order valence-electron chi connectivity index (χ2n) is 5.83. The number of hydrogen-bond donors (Lipinski definition) is 2. The number of sulfonamides is 1. The van der Waals surface area contributed by atoms with Gasteiger partial charge in [0.05, 0.1) is 0 Å². The van der Waals surface area contributed by atoms with E-state index in [0.717, 1.165) is 25.3 Å². The highest BCUT2D eigenvalue weighted by atomic mass is 32.2. The molecule has 0 atom stereocenters. The molecule has 1 aliphatic rings. The van der Waals surface area contributed by atoms with Crippen molar-refractivity contribution in [3.63, 3.8) is 0 Å². The number of hydrogen-bond acceptors (Lipinski definition) is 3. The summed E-state index contributed by atoms with van der Waals surface area (Å²) in [5.74, 6) is -0.179. The predicted molar refractivity (Wildman–Crippen MR) is 81.9 cm³/mol. The highest BCUT2D eigenvalue weighted by Gasteiger charge is 2.21. The molecule has 3 N–H and O–H groups in total. The Morgan fingerprint density at radius 2 is 1.95 bits per heavy atom. The summed E-state index contributed by atoms with van der Waals surface area (Å²) in [6, 6.07) is 2.35. The molecule has 2 rings (SSSR count). The Morgan fingerprint density at radius 1 is 1.29 bits per heavy atom. The van der Waals surface area contributed by atoms with Gasteiger partial charge >= 0.3 is 0 Å². The Hall–Kier alpha value is -1.14. The summed E-state index contributed by atoms with van der Waals surface area (Å²) >= 11 is 0. The minimum atomic E-state index is -3.84. The molecule has 0 saturated heterocycles. The summed E-state index contributed by atoms with van der Waals surface area (Å²) in [6.45, 7) is 1.99. The van der Waals surface area contributed by atoms with Crippen molar-refractivity contribution in [1.29, 1.82) is 0 Å². The first-order valence-electron chi connectivity index (χ1n) is 7.45. The van der Waals surface area contributed by atoms with Crippen LogP contribution < -0.4 is 10.5 Å². The molecule has 1 aliphatic carbocycles. The highest BCUT2D eigenvalue weighted by Crippen LogP contribution is 2.26. The van der Waals surface area contributed by atoms with E-state index in [-0.39, 0.29) is 10.6 Å². The van der Waals surface area contributed by atoms with Gasteiger partial charge in [-0.2, -0.15) is 0 Å². The maximum Gasteiger partial charge on any atom is 0.243 e. The van der Waals surface area contributed by atoms with E-state index >= 15 is 0 Å². The second-order valence-corrected chi connectivity index (χ2v) is 7.57. The van der Waals surface area contributed by atoms with Crippen LogP contribution in [0.3, 0.4) is 0 Å². The first kappa shape index (κ1) is 16.2. The Labute approximate surface area is 126 Å². The van der Waals surface area contributed by atoms with Crippen LogP contribution in [0.15, 0.2) is 17.0 Å². The van der Waals surface area contributed by atoms with Gasteiger partial charge in [-0.25, -0.2) is 17.5 Å². The zero-order valence-electron chi connectivity index (χ0n) is 12.4. The normalized spacial score (nSPS) is 17.0. The summed E-state index contributed by atoms with van der Waals surface area (Å²) in [5.41, 5.74) is 6.49. The van der Waals surface area contributed by atoms with E-state index in [4.69, 9.17) is 5.73 Å². The molecule has 118 valence electrons. The molecule has 0 aromatic heterocycles. The van der Waals surface area contributed by atoms with E-state index in [9.17, 15) is 12.8 Å². The number of aryl methyl sites for hydroxylation is 1. The number of nitrogens with one attached hydrogen (secondary N) is 1. The minimum absolute atomic E-state index is 0.282. The third kappa shape index (κ3) is 4.17. The van der Waals surface area contributed by atoms with Crippen molar-refractivity contribution in [2.75, 3.05) is 12.3 Å². The number of halogens is 1. The molecule has 0 bridgehead atoms. The lowest BCUT2D eigenvalue weighted by atomic mass is 9.87. The lowest BCUT2D eigenvalue weighted by Gasteiger charge is -2.21. The second kappa shape index (κ2) is 6.75. The van der Waals surface area contributed by atoms with Crippen molar-refractivity contribution in [1.82, 2.24) is 4.72 Å². The van der Waals surface area contributed by atoms with Crippen LogP contribution >= 0.6 is 0 Å². The number of rotatable bonds is 5. The molecule has 1 fully saturated rings. The molecule has 0 spiro atoms. The van der Waals surface area contributed by atoms with Crippen molar-refractivity contribution in [2.24, 2.45) is 5.92 Å². The monoisotopic (exact) mass is 314 g/mol. The Kier molecular flexibility index (Phi) is 5.22. The summed E-state index contributed by atoms with van der Waals surface area (Å²) in [6.07, 6.45) is 6.85. The fourth-order valence-corrected chi connectivity index (χ4v) is 3.97. The van der Waals surface area contributed by atoms with E-state index in [1.54, 1.807) is 6.92 Å². The number of nitrogen functional groups attached to an aromatic ring is 1. The van der Waals surface area contributed by atoms with Crippen LogP contribution in [-0.4, -0.2) is 15.0 Å². The number of benzene rings is 1. The van der Waals surface area contributed by atoms with Crippen molar-refractivity contribution >= 4 is 15.7 Å². The number of anilines is 1. The van der Waals surface area contributed by atoms with Gasteiger partial charge in [-0.15, -0.1) is 0 Å². The molecule has 0 aliphatic heterocycles. The van der Waals surface area contributed by atoms with Gasteiger partial charge in [-0.05, 0) is 37.0 Å². The zero-order valence-corrected chi connectivity index (χ0v) is 13.2. The van der Waals surface area contributed by atoms with Crippen LogP contribution in [0, 0.1) is 18.7 Å². The molecular formula is C15H23FN2O2S. The first-order valence-corrected chi connectivity index (χ1v) is 8.94. The van der Waals surface area contributed by atoms with E-state index in [1.165, 1.54) is 25.3 Å². The van der Waals surface area contributed by atoms with E-state index < -0.39 is 15.8 Å². The summed E-state index contributed by atoms with van der Waals surface area (Å²) in [4.78, 5) is -0.366. The predicted octanol–water partition coefficient (Wildman–Crippen LogP) is 2.97. The average Bonchev–Trinajstić information content (AvgIpc) is 2.43. The minimum Gasteiger partial charge on any atom is -0.398 e. The van der Waals surface area contributed by atoms with E-state index in [2.05, 4.69) is 4.72 Å². The van der Waals surface area contributed by atoms with Gasteiger partial charge in [-0.3, -0.25) is 0 Å². The lowest BCUT2D eigenvalue weighted by Crippen LogP contribution is -2.27. The molecule has 1 aromatic carbocycles. The van der Waals surface area contributed by atoms with Gasteiger partial charge in [0, 0.05) is 12.2 Å². The number of nitrogens with two attached hydrogens (primary N) is 1. The van der Waals surface area contributed by atoms with Gasteiger partial charge in [0.25, 0.3) is 0 Å². The molecule has 0 radical (unpaired) electrons. The quantitative estimate of drug-likeness (QED) is 0.821. The maximum absolute atomic E-state index is 13.8. The fourth-order valence-electron chi connectivity index (χ4n) is 2.83. The standard InChI is InChI=1S/C15H23FN2O2S/c1-11-9-13(16)15(10-14(11)17)21(19,20)18-8-7-12-5-3-2-4-6-12/h9-10,12,18H,2-8,17H2,1H3. The fraction of sp³-hybridized carbons (Fsp3) is 0.600. The molecule has 1 saturated carbocycles. The van der Waals surface area contributed by atoms with Crippen LogP contribution in [0.4, 0.5) is 10.1 Å². The Balaban J connectivity index is 1.99. The van der Waals surface area contributed by atoms with Gasteiger partial charge < -0.3 is 5.73 Å². The average molecular weight is 314 g/mol. The molecule has 0 amide bonds. The van der Waals surface area contributed by atoms with E-state index in [0.29, 0.717) is 18.0 Å². The topological polar surface area (TPSA) is 72.2 Å². The zero-order chi connectivity index (χ0) is 15.5. The third-order valence-electron chi connectivity index (χ3n) is 4.18. The Bertz CT molecular complexity index is 596. The summed E-state index contributed by atoms with van der Waals surface area (Å²) in [5, 5.41) is 0. The molecule has 1 aromatic rings. The van der Waals surface area contributed by atoms with Crippen molar-refractivity contribution < 1.29 is 12.8 Å². The highest BCUT2D eigenvalue weighted by molar-refractivity contribution is 7.89. The van der Waals surface area contributed by atoms with Crippen molar-refractivity contribution in [3.8, 4) is 0 Å². The smallest absolute Gasteiger partial charge is 0.243 e. The largest absolute Gasteiger partial charge is 0.398 e. The van der Waals surface area contributed by atoms with Gasteiger partial charge in [0.2, 0.25) is 10.0 Å². The van der Waals surface area contributed by atoms with Crippen LogP contribution in [0.1, 0.15) is 44.1 Å². The Morgan fingerprint density at radius 3 is 2.62 bits per heavy atom. The molecule has 0 heterocycles. The van der Waals surface area contributed by atoms with Crippen LogP contribution in [0.25, 0.3) is 0 Å². The van der Waals surface area contributed by atoms with Gasteiger partial charge in [-0.1, -0.05) is 32.1 Å². The van der Waals surface area contributed by atoms with Crippen LogP contribution in [0.5, 0.6) is 0 Å². The molecule has 0 unspecified atom stereocenters. The van der Waals surface area contributed by atoms with Crippen molar-refractivity contribution in [3.05, 3.63) is 23.5 Å². The van der Waals surface area contributed by atoms with Crippen molar-refractivity contribution in [2.45, 2.75) is 50.3 Å². The van der Waals surface area contributed by atoms with E-state index in [1.807, 2.05) is 0 Å². The molecule has 21 heavy (non-hydrogen) atoms. The van der Waals surface area contributed by atoms with Gasteiger partial charge in [0.15, 0.2) is 0 Å². The molecule has 4 nitrogen and oxygen atoms in total. The van der Waals surface area contributed by atoms with Crippen LogP contribution in [-0.2, 0) is 10.0 Å². The lowest BCUT2D eigenvalue weighted by molar-refractivity contribution is 0.339. The third-order valence-corrected chi connectivity index (χ3v) is 5.66. The van der Waals surface area contributed by atoms with Gasteiger partial charge in [0.1, 0.15) is 10.7 Å².